The Morgan fingerprint density at radius 1 is 0.969 bits per heavy atom. The van der Waals surface area contributed by atoms with Gasteiger partial charge in [-0.2, -0.15) is 0 Å². The molecule has 0 bridgehead atoms. The lowest BCUT2D eigenvalue weighted by Gasteiger charge is -2.30. The summed E-state index contributed by atoms with van der Waals surface area (Å²) in [6.45, 7) is 0. The number of anilines is 2. The standard InChI is InChI=1S/C26H23ClN2O3/c1-32-23-14-17(11-18(27)26(23)31)25-24-21(28-19-9-5-6-10-20(19)29-25)12-16(13-22(24)30)15-7-3-2-4-8-15/h2-11,14,16,25,28-29,31H,12-13H2,1H3/t16-,25-/m0/s1. The smallest absolute Gasteiger partial charge is 0.176 e. The number of hydrogen-bond donors (Lipinski definition) is 3. The van der Waals surface area contributed by atoms with Gasteiger partial charge in [0.2, 0.25) is 0 Å². The van der Waals surface area contributed by atoms with Crippen LogP contribution >= 0.6 is 11.6 Å². The van der Waals surface area contributed by atoms with Gasteiger partial charge in [0.1, 0.15) is 0 Å². The van der Waals surface area contributed by atoms with Crippen molar-refractivity contribution in [3.8, 4) is 11.5 Å². The van der Waals surface area contributed by atoms with E-state index in [2.05, 4.69) is 22.8 Å². The molecule has 1 aliphatic heterocycles. The van der Waals surface area contributed by atoms with Crippen LogP contribution in [0, 0.1) is 0 Å². The second-order valence-electron chi connectivity index (χ2n) is 8.13. The average molecular weight is 447 g/mol. The number of para-hydroxylation sites is 2. The van der Waals surface area contributed by atoms with Gasteiger partial charge in [-0.25, -0.2) is 0 Å². The number of carbonyl (C=O) groups excluding carboxylic acids is 1. The van der Waals surface area contributed by atoms with Gasteiger partial charge in [-0.3, -0.25) is 4.79 Å². The van der Waals surface area contributed by atoms with Crippen LogP contribution in [0.15, 0.2) is 78.0 Å². The normalized spacial score (nSPS) is 19.9. The predicted molar refractivity (Wildman–Crippen MR) is 127 cm³/mol. The summed E-state index contributed by atoms with van der Waals surface area (Å²) < 4.78 is 5.32. The maximum absolute atomic E-state index is 13.6. The summed E-state index contributed by atoms with van der Waals surface area (Å²) in [5.41, 5.74) is 5.31. The molecule has 162 valence electrons. The third-order valence-electron chi connectivity index (χ3n) is 6.18. The van der Waals surface area contributed by atoms with E-state index in [9.17, 15) is 9.90 Å². The number of aromatic hydroxyl groups is 1. The van der Waals surface area contributed by atoms with Gasteiger partial charge in [0.25, 0.3) is 0 Å². The lowest BCUT2D eigenvalue weighted by Crippen LogP contribution is -2.26. The number of phenolic OH excluding ortho intramolecular Hbond substituents is 1. The molecule has 3 aromatic rings. The van der Waals surface area contributed by atoms with E-state index in [0.717, 1.165) is 34.6 Å². The molecule has 0 aromatic heterocycles. The van der Waals surface area contributed by atoms with Gasteiger partial charge in [0, 0.05) is 17.7 Å². The molecule has 0 amide bonds. The quantitative estimate of drug-likeness (QED) is 0.458. The number of benzene rings is 3. The number of phenols is 1. The maximum Gasteiger partial charge on any atom is 0.176 e. The third kappa shape index (κ3) is 3.59. The molecule has 0 radical (unpaired) electrons. The van der Waals surface area contributed by atoms with Crippen LogP contribution < -0.4 is 15.4 Å². The summed E-state index contributed by atoms with van der Waals surface area (Å²) >= 11 is 6.30. The van der Waals surface area contributed by atoms with Crippen molar-refractivity contribution >= 4 is 28.8 Å². The number of ketones is 1. The molecule has 2 aliphatic rings. The lowest BCUT2D eigenvalue weighted by molar-refractivity contribution is -0.116. The van der Waals surface area contributed by atoms with Crippen molar-refractivity contribution in [1.29, 1.82) is 0 Å². The van der Waals surface area contributed by atoms with Crippen LogP contribution in [0.25, 0.3) is 0 Å². The van der Waals surface area contributed by atoms with Crippen LogP contribution in [-0.4, -0.2) is 18.0 Å². The predicted octanol–water partition coefficient (Wildman–Crippen LogP) is 6.03. The second-order valence-corrected chi connectivity index (χ2v) is 8.54. The molecular weight excluding hydrogens is 424 g/mol. The minimum Gasteiger partial charge on any atom is -0.503 e. The van der Waals surface area contributed by atoms with E-state index >= 15 is 0 Å². The monoisotopic (exact) mass is 446 g/mol. The molecular formula is C26H23ClN2O3. The highest BCUT2D eigenvalue weighted by Gasteiger charge is 2.36. The van der Waals surface area contributed by atoms with Gasteiger partial charge < -0.3 is 20.5 Å². The van der Waals surface area contributed by atoms with E-state index in [4.69, 9.17) is 16.3 Å². The molecule has 5 nitrogen and oxygen atoms in total. The molecule has 1 aliphatic carbocycles. The number of carbonyl (C=O) groups is 1. The molecule has 0 fully saturated rings. The molecule has 0 saturated heterocycles. The minimum absolute atomic E-state index is 0.0843. The first-order valence-corrected chi connectivity index (χ1v) is 10.9. The Kier molecular flexibility index (Phi) is 5.27. The third-order valence-corrected chi connectivity index (χ3v) is 6.47. The summed E-state index contributed by atoms with van der Waals surface area (Å²) in [4.78, 5) is 13.6. The van der Waals surface area contributed by atoms with E-state index in [0.29, 0.717) is 12.0 Å². The highest BCUT2D eigenvalue weighted by atomic mass is 35.5. The Labute approximate surface area is 191 Å². The van der Waals surface area contributed by atoms with Gasteiger partial charge in [-0.15, -0.1) is 0 Å². The van der Waals surface area contributed by atoms with Crippen LogP contribution in [0.5, 0.6) is 11.5 Å². The first kappa shape index (κ1) is 20.5. The Hall–Kier alpha value is -3.44. The summed E-state index contributed by atoms with van der Waals surface area (Å²) in [5, 5.41) is 17.4. The first-order chi connectivity index (χ1) is 15.5. The zero-order chi connectivity index (χ0) is 22.2. The van der Waals surface area contributed by atoms with Gasteiger partial charge in [-0.1, -0.05) is 54.1 Å². The van der Waals surface area contributed by atoms with Crippen LogP contribution in [0.4, 0.5) is 11.4 Å². The zero-order valence-corrected chi connectivity index (χ0v) is 18.3. The summed E-state index contributed by atoms with van der Waals surface area (Å²) in [5.74, 6) is 0.352. The van der Waals surface area contributed by atoms with Crippen LogP contribution in [0.2, 0.25) is 5.02 Å². The second kappa shape index (κ2) is 8.24. The molecule has 2 atom stereocenters. The number of allylic oxidation sites excluding steroid dienone is 1. The van der Waals surface area contributed by atoms with E-state index in [1.165, 1.54) is 7.11 Å². The number of ether oxygens (including phenoxy) is 1. The largest absolute Gasteiger partial charge is 0.503 e. The molecule has 0 spiro atoms. The number of halogens is 1. The van der Waals surface area contributed by atoms with Gasteiger partial charge in [-0.05, 0) is 47.7 Å². The van der Waals surface area contributed by atoms with Gasteiger partial charge in [0.05, 0.1) is 29.5 Å². The fourth-order valence-corrected chi connectivity index (χ4v) is 4.84. The SMILES string of the molecule is COc1cc([C@@H]2Nc3ccccc3NC3=C2C(=O)C[C@@H](c2ccccc2)C3)cc(Cl)c1O. The Morgan fingerprint density at radius 2 is 1.69 bits per heavy atom. The van der Waals surface area contributed by atoms with Crippen molar-refractivity contribution in [3.05, 3.63) is 94.1 Å². The molecule has 5 rings (SSSR count). The fraction of sp³-hybridized carbons (Fsp3) is 0.192. The molecule has 1 heterocycles. The van der Waals surface area contributed by atoms with Gasteiger partial charge >= 0.3 is 0 Å². The van der Waals surface area contributed by atoms with E-state index in [1.807, 2.05) is 42.5 Å². The topological polar surface area (TPSA) is 70.6 Å². The zero-order valence-electron chi connectivity index (χ0n) is 17.6. The first-order valence-electron chi connectivity index (χ1n) is 10.6. The summed E-state index contributed by atoms with van der Waals surface area (Å²) in [6.07, 6.45) is 1.16. The van der Waals surface area contributed by atoms with Crippen molar-refractivity contribution < 1.29 is 14.6 Å². The number of methoxy groups -OCH3 is 1. The molecule has 3 N–H and O–H groups in total. The van der Waals surface area contributed by atoms with Crippen molar-refractivity contribution in [2.24, 2.45) is 0 Å². The molecule has 32 heavy (non-hydrogen) atoms. The van der Waals surface area contributed by atoms with Gasteiger partial charge in [0.15, 0.2) is 17.3 Å². The Morgan fingerprint density at radius 3 is 2.44 bits per heavy atom. The van der Waals surface area contributed by atoms with Crippen LogP contribution in [-0.2, 0) is 4.79 Å². The van der Waals surface area contributed by atoms with E-state index in [1.54, 1.807) is 12.1 Å². The van der Waals surface area contributed by atoms with Crippen LogP contribution in [0.3, 0.4) is 0 Å². The highest BCUT2D eigenvalue weighted by molar-refractivity contribution is 6.32. The summed E-state index contributed by atoms with van der Waals surface area (Å²) in [7, 11) is 1.48. The van der Waals surface area contributed by atoms with E-state index < -0.39 is 6.04 Å². The number of Topliss-reactive ketones (excluding diaryl/α,β-unsaturated/α-hetero) is 1. The van der Waals surface area contributed by atoms with Crippen LogP contribution in [0.1, 0.15) is 35.9 Å². The Balaban J connectivity index is 1.65. The maximum atomic E-state index is 13.6. The van der Waals surface area contributed by atoms with E-state index in [-0.39, 0.29) is 28.2 Å². The van der Waals surface area contributed by atoms with Crippen molar-refractivity contribution in [2.75, 3.05) is 17.7 Å². The molecule has 3 aromatic carbocycles. The number of fused-ring (bicyclic) bond motifs is 1. The van der Waals surface area contributed by atoms with Crippen molar-refractivity contribution in [2.45, 2.75) is 24.8 Å². The average Bonchev–Trinajstić information content (AvgIpc) is 2.98. The van der Waals surface area contributed by atoms with Crippen molar-refractivity contribution in [1.82, 2.24) is 0 Å². The lowest BCUT2D eigenvalue weighted by atomic mass is 9.78. The molecule has 6 heteroatoms. The minimum atomic E-state index is -0.433. The summed E-state index contributed by atoms with van der Waals surface area (Å²) in [6, 6.07) is 21.0. The fourth-order valence-electron chi connectivity index (χ4n) is 4.62. The van der Waals surface area contributed by atoms with Crippen molar-refractivity contribution in [3.63, 3.8) is 0 Å². The highest BCUT2D eigenvalue weighted by Crippen LogP contribution is 2.46. The molecule has 0 saturated carbocycles. The Bertz CT molecular complexity index is 1220. The number of nitrogens with one attached hydrogen (secondary N) is 2. The number of rotatable bonds is 3. The number of hydrogen-bond acceptors (Lipinski definition) is 5. The molecule has 0 unspecified atom stereocenters.